The molecule has 0 saturated carbocycles. The van der Waals surface area contributed by atoms with Crippen LogP contribution in [0.4, 0.5) is 0 Å². The molecule has 0 aliphatic carbocycles. The van der Waals surface area contributed by atoms with Gasteiger partial charge < -0.3 is 57.6 Å². The Labute approximate surface area is 358 Å². The second kappa shape index (κ2) is 22.7. The molecule has 2 N–H and O–H groups in total. The van der Waals surface area contributed by atoms with Gasteiger partial charge in [0.15, 0.2) is 12.6 Å². The van der Waals surface area contributed by atoms with E-state index in [1.54, 1.807) is 38.5 Å². The highest BCUT2D eigenvalue weighted by Gasteiger charge is 2.58. The lowest BCUT2D eigenvalue weighted by atomic mass is 9.93. The van der Waals surface area contributed by atoms with Crippen molar-refractivity contribution in [3.05, 3.63) is 89.5 Å². The molecule has 3 aromatic carbocycles. The number of ether oxygens (including phenoxy) is 10. The van der Waals surface area contributed by atoms with Crippen molar-refractivity contribution in [3.8, 4) is 17.2 Å². The van der Waals surface area contributed by atoms with Crippen LogP contribution in [0.1, 0.15) is 30.0 Å². The summed E-state index contributed by atoms with van der Waals surface area (Å²) in [5.41, 5.74) is 0.103. The predicted octanol–water partition coefficient (Wildman–Crippen LogP) is 2.95. The van der Waals surface area contributed by atoms with Crippen LogP contribution in [-0.2, 0) is 81.6 Å². The van der Waals surface area contributed by atoms with Gasteiger partial charge in [-0.3, -0.25) is 8.37 Å². The molecule has 0 amide bonds. The molecule has 2 heterocycles. The van der Waals surface area contributed by atoms with Crippen molar-refractivity contribution in [2.75, 3.05) is 67.9 Å². The summed E-state index contributed by atoms with van der Waals surface area (Å²) in [4.78, 5) is 0. The monoisotopic (exact) mass is 902 g/mol. The van der Waals surface area contributed by atoms with E-state index in [1.165, 1.54) is 21.3 Å². The standard InChI is InChI=1S/C24H32O7.C17H26O11S2/c1-5-24(16-29-14-17-6-10-19(26-2)11-7-17)22(21(25)23(28-4)31-24)30-15-18-8-12-20(27-3)13-9-18;1-23-13-7-5-12(6-8-13)9-25-15-14(18)16(24-2)28-17(15,10-26-29(3,19)20)11-27-30(4,21)22/h6-13,21-23,25H,5,14-16H2,1-4H3;5-8,14-16,18H,9-11H2,1-4H3/t21?,22-,23?,24-;14?,15-,16?/m11/s1. The third-order valence-electron chi connectivity index (χ3n) is 9.97. The third kappa shape index (κ3) is 14.3. The highest BCUT2D eigenvalue weighted by Crippen LogP contribution is 2.38. The molecule has 0 bridgehead atoms. The summed E-state index contributed by atoms with van der Waals surface area (Å²) in [6, 6.07) is 22.2. The average molecular weight is 903 g/mol. The molecule has 0 aromatic heterocycles. The summed E-state index contributed by atoms with van der Waals surface area (Å²) in [6.07, 6.45) is -3.88. The van der Waals surface area contributed by atoms with E-state index in [-0.39, 0.29) is 13.2 Å². The van der Waals surface area contributed by atoms with Gasteiger partial charge in [0, 0.05) is 14.2 Å². The zero-order chi connectivity index (χ0) is 44.8. The lowest BCUT2D eigenvalue weighted by molar-refractivity contribution is -0.198. The second-order valence-corrected chi connectivity index (χ2v) is 17.6. The molecule has 2 aliphatic rings. The maximum atomic E-state index is 11.5. The largest absolute Gasteiger partial charge is 0.497 e. The van der Waals surface area contributed by atoms with E-state index in [4.69, 9.17) is 55.7 Å². The number of methoxy groups -OCH3 is 5. The van der Waals surface area contributed by atoms with Gasteiger partial charge >= 0.3 is 0 Å². The van der Waals surface area contributed by atoms with Crippen molar-refractivity contribution in [2.45, 2.75) is 81.4 Å². The lowest BCUT2D eigenvalue weighted by Crippen LogP contribution is -2.52. The van der Waals surface area contributed by atoms with Gasteiger partial charge in [-0.15, -0.1) is 0 Å². The highest BCUT2D eigenvalue weighted by molar-refractivity contribution is 7.86. The topological polar surface area (TPSA) is 219 Å². The van der Waals surface area contributed by atoms with E-state index < -0.39 is 81.6 Å². The van der Waals surface area contributed by atoms with Crippen molar-refractivity contribution in [1.82, 2.24) is 0 Å². The quantitative estimate of drug-likeness (QED) is 0.139. The molecule has 4 unspecified atom stereocenters. The molecular weight excluding hydrogens is 845 g/mol. The first kappa shape index (κ1) is 50.2. The fourth-order valence-corrected chi connectivity index (χ4v) is 7.42. The number of rotatable bonds is 22. The van der Waals surface area contributed by atoms with Crippen LogP contribution in [0, 0.1) is 0 Å². The molecule has 18 nitrogen and oxygen atoms in total. The summed E-state index contributed by atoms with van der Waals surface area (Å²) in [7, 11) is -0.271. The number of hydrogen-bond acceptors (Lipinski definition) is 18. The predicted molar refractivity (Wildman–Crippen MR) is 219 cm³/mol. The van der Waals surface area contributed by atoms with Gasteiger partial charge in [-0.25, -0.2) is 0 Å². The molecule has 5 rings (SSSR count). The minimum Gasteiger partial charge on any atom is -0.497 e. The van der Waals surface area contributed by atoms with Crippen molar-refractivity contribution in [1.29, 1.82) is 0 Å². The van der Waals surface area contributed by atoms with Gasteiger partial charge in [-0.1, -0.05) is 43.3 Å². The molecule has 2 aliphatic heterocycles. The van der Waals surface area contributed by atoms with Crippen LogP contribution in [0.5, 0.6) is 17.2 Å². The Bertz CT molecular complexity index is 1940. The van der Waals surface area contributed by atoms with E-state index in [0.717, 1.165) is 35.1 Å². The number of aliphatic hydroxyl groups is 2. The van der Waals surface area contributed by atoms with Crippen LogP contribution in [0.25, 0.3) is 0 Å². The SMILES string of the molecule is CC[C@]1(COCc2ccc(OC)cc2)OC(OC)C(O)[C@H]1OCc1ccc(OC)cc1.COc1ccc(CO[C@@H]2C(O)C(OC)OC2(COS(C)(=O)=O)COS(C)(=O)=O)cc1. The Balaban J connectivity index is 0.000000269. The molecule has 7 atom stereocenters. The fourth-order valence-electron chi connectivity index (χ4n) is 6.59. The zero-order valence-electron chi connectivity index (χ0n) is 35.6. The van der Waals surface area contributed by atoms with Gasteiger partial charge in [-0.05, 0) is 59.5 Å². The first-order valence-corrected chi connectivity index (χ1v) is 22.7. The van der Waals surface area contributed by atoms with Crippen molar-refractivity contribution in [3.63, 3.8) is 0 Å². The average Bonchev–Trinajstić information content (AvgIpc) is 3.69. The summed E-state index contributed by atoms with van der Waals surface area (Å²) in [5, 5.41) is 21.4. The smallest absolute Gasteiger partial charge is 0.264 e. The molecule has 20 heteroatoms. The normalized spacial score (nSPS) is 24.8. The van der Waals surface area contributed by atoms with E-state index in [0.29, 0.717) is 30.9 Å². The Hall–Kier alpha value is -3.48. The number of benzene rings is 3. The van der Waals surface area contributed by atoms with Crippen molar-refractivity contribution >= 4 is 20.2 Å². The molecule has 2 fully saturated rings. The van der Waals surface area contributed by atoms with Crippen LogP contribution < -0.4 is 14.2 Å². The van der Waals surface area contributed by atoms with Gasteiger partial charge in [0.25, 0.3) is 20.2 Å². The highest BCUT2D eigenvalue weighted by atomic mass is 32.2. The first-order chi connectivity index (χ1) is 28.9. The van der Waals surface area contributed by atoms with E-state index in [1.807, 2.05) is 55.5 Å². The van der Waals surface area contributed by atoms with Gasteiger partial charge in [0.05, 0.1) is 60.3 Å². The van der Waals surface area contributed by atoms with Crippen LogP contribution in [0.15, 0.2) is 72.8 Å². The van der Waals surface area contributed by atoms with Crippen LogP contribution in [-0.4, -0.2) is 143 Å². The molecule has 0 radical (unpaired) electrons. The Morgan fingerprint density at radius 2 is 0.885 bits per heavy atom. The maximum Gasteiger partial charge on any atom is 0.264 e. The number of hydrogen-bond donors (Lipinski definition) is 2. The minimum absolute atomic E-state index is 0.00891. The van der Waals surface area contributed by atoms with E-state index >= 15 is 0 Å². The van der Waals surface area contributed by atoms with Crippen molar-refractivity contribution < 1.29 is 82.8 Å². The summed E-state index contributed by atoms with van der Waals surface area (Å²) in [5.74, 6) is 2.22. The maximum absolute atomic E-state index is 11.5. The molecule has 61 heavy (non-hydrogen) atoms. The third-order valence-corrected chi connectivity index (χ3v) is 11.1. The zero-order valence-corrected chi connectivity index (χ0v) is 37.2. The van der Waals surface area contributed by atoms with Crippen LogP contribution in [0.3, 0.4) is 0 Å². The molecule has 2 saturated heterocycles. The van der Waals surface area contributed by atoms with Gasteiger partial charge in [0.1, 0.15) is 66.1 Å². The van der Waals surface area contributed by atoms with Crippen molar-refractivity contribution in [2.24, 2.45) is 0 Å². The first-order valence-electron chi connectivity index (χ1n) is 19.1. The van der Waals surface area contributed by atoms with Gasteiger partial charge in [0.2, 0.25) is 0 Å². The molecule has 3 aromatic rings. The lowest BCUT2D eigenvalue weighted by Gasteiger charge is -2.33. The Kier molecular flexibility index (Phi) is 18.7. The summed E-state index contributed by atoms with van der Waals surface area (Å²) >= 11 is 0. The Morgan fingerprint density at radius 1 is 0.541 bits per heavy atom. The van der Waals surface area contributed by atoms with Crippen LogP contribution in [0.2, 0.25) is 0 Å². The fraction of sp³-hybridized carbons (Fsp3) is 0.561. The van der Waals surface area contributed by atoms with E-state index in [9.17, 15) is 27.0 Å². The molecule has 0 spiro atoms. The Morgan fingerprint density at radius 3 is 1.21 bits per heavy atom. The molecular formula is C41H58O18S2. The minimum atomic E-state index is -3.92. The number of aliphatic hydroxyl groups excluding tert-OH is 2. The van der Waals surface area contributed by atoms with Gasteiger partial charge in [-0.2, -0.15) is 16.8 Å². The van der Waals surface area contributed by atoms with Crippen LogP contribution >= 0.6 is 0 Å². The summed E-state index contributed by atoms with van der Waals surface area (Å²) < 4.78 is 111. The molecule has 342 valence electrons. The summed E-state index contributed by atoms with van der Waals surface area (Å²) in [6.45, 7) is 1.66. The second-order valence-electron chi connectivity index (χ2n) is 14.3. The van der Waals surface area contributed by atoms with E-state index in [2.05, 4.69) is 0 Å².